The fourth-order valence-electron chi connectivity index (χ4n) is 4.03. The van der Waals surface area contributed by atoms with Gasteiger partial charge in [0, 0.05) is 29.0 Å². The smallest absolute Gasteiger partial charge is 0.290 e. The average Bonchev–Trinajstić information content (AvgIpc) is 3.12. The van der Waals surface area contributed by atoms with Gasteiger partial charge in [0.25, 0.3) is 17.4 Å². The molecule has 8 nitrogen and oxygen atoms in total. The molecule has 0 unspecified atom stereocenters. The molecule has 0 saturated carbocycles. The molecule has 2 N–H and O–H groups in total. The number of benzene rings is 2. The first kappa shape index (κ1) is 22.0. The number of aromatic nitrogens is 3. The zero-order valence-electron chi connectivity index (χ0n) is 19.0. The van der Waals surface area contributed by atoms with E-state index in [9.17, 15) is 14.4 Å². The number of carbonyl (C=O) groups excluding carboxylic acids is 2. The molecule has 0 saturated heterocycles. The van der Waals surface area contributed by atoms with Crippen molar-refractivity contribution >= 4 is 22.6 Å². The van der Waals surface area contributed by atoms with E-state index in [-0.39, 0.29) is 11.3 Å². The molecule has 0 aliphatic heterocycles. The van der Waals surface area contributed by atoms with Gasteiger partial charge in [0.2, 0.25) is 0 Å². The highest BCUT2D eigenvalue weighted by Crippen LogP contribution is 2.23. The lowest BCUT2D eigenvalue weighted by molar-refractivity contribution is 0.0843. The number of para-hydroxylation sites is 1. The van der Waals surface area contributed by atoms with Crippen LogP contribution in [0.3, 0.4) is 0 Å². The molecule has 0 fully saturated rings. The van der Waals surface area contributed by atoms with Crippen LogP contribution < -0.4 is 16.4 Å². The Morgan fingerprint density at radius 1 is 0.909 bits per heavy atom. The molecule has 2 amide bonds. The first-order chi connectivity index (χ1) is 15.8. The van der Waals surface area contributed by atoms with Gasteiger partial charge in [0.1, 0.15) is 0 Å². The van der Waals surface area contributed by atoms with Gasteiger partial charge in [-0.25, -0.2) is 4.68 Å². The predicted octanol–water partition coefficient (Wildman–Crippen LogP) is 3.21. The SMILES string of the molecule is CCn1nc(C(=O)NNC(=O)c2cc(C)n(-c3ccccc3C)c2C)c2ccccc2c1=O. The Bertz CT molecular complexity index is 1450. The molecule has 4 rings (SSSR count). The Hall–Kier alpha value is -4.20. The average molecular weight is 444 g/mol. The topological polar surface area (TPSA) is 98.0 Å². The van der Waals surface area contributed by atoms with E-state index >= 15 is 0 Å². The number of carbonyl (C=O) groups is 2. The normalized spacial score (nSPS) is 10.9. The van der Waals surface area contributed by atoms with Gasteiger partial charge in [-0.15, -0.1) is 0 Å². The Kier molecular flexibility index (Phi) is 5.83. The minimum absolute atomic E-state index is 0.0673. The molecule has 0 bridgehead atoms. The maximum atomic E-state index is 12.9. The lowest BCUT2D eigenvalue weighted by atomic mass is 10.1. The van der Waals surface area contributed by atoms with E-state index in [1.54, 1.807) is 37.3 Å². The Morgan fingerprint density at radius 2 is 1.55 bits per heavy atom. The molecule has 8 heteroatoms. The third-order valence-electron chi connectivity index (χ3n) is 5.70. The van der Waals surface area contributed by atoms with Crippen LogP contribution in [0, 0.1) is 20.8 Å². The molecule has 2 aromatic carbocycles. The Balaban J connectivity index is 1.60. The van der Waals surface area contributed by atoms with Crippen molar-refractivity contribution in [3.8, 4) is 5.69 Å². The van der Waals surface area contributed by atoms with Crippen LogP contribution in [0.15, 0.2) is 59.4 Å². The zero-order chi connectivity index (χ0) is 23.7. The second-order valence-corrected chi connectivity index (χ2v) is 7.83. The van der Waals surface area contributed by atoms with E-state index in [0.717, 1.165) is 22.6 Å². The molecule has 0 aliphatic rings. The van der Waals surface area contributed by atoms with E-state index < -0.39 is 11.8 Å². The fraction of sp³-hybridized carbons (Fsp3) is 0.200. The minimum atomic E-state index is -0.602. The van der Waals surface area contributed by atoms with Crippen LogP contribution in [0.25, 0.3) is 16.5 Å². The highest BCUT2D eigenvalue weighted by atomic mass is 16.2. The van der Waals surface area contributed by atoms with Gasteiger partial charge in [0.15, 0.2) is 5.69 Å². The molecule has 2 aromatic heterocycles. The molecule has 0 aliphatic carbocycles. The van der Waals surface area contributed by atoms with Crippen LogP contribution in [0.1, 0.15) is 44.7 Å². The van der Waals surface area contributed by atoms with E-state index in [2.05, 4.69) is 16.0 Å². The summed E-state index contributed by atoms with van der Waals surface area (Å²) in [6.45, 7) is 7.90. The van der Waals surface area contributed by atoms with E-state index in [1.807, 2.05) is 49.6 Å². The van der Waals surface area contributed by atoms with Crippen molar-refractivity contribution in [2.75, 3.05) is 0 Å². The van der Waals surface area contributed by atoms with Gasteiger partial charge in [-0.1, -0.05) is 36.4 Å². The molecular weight excluding hydrogens is 418 g/mol. The minimum Gasteiger partial charge on any atom is -0.317 e. The summed E-state index contributed by atoms with van der Waals surface area (Å²) in [7, 11) is 0. The number of nitrogens with one attached hydrogen (secondary N) is 2. The lowest BCUT2D eigenvalue weighted by Crippen LogP contribution is -2.43. The van der Waals surface area contributed by atoms with Gasteiger partial charge >= 0.3 is 0 Å². The van der Waals surface area contributed by atoms with E-state index in [1.165, 1.54) is 4.68 Å². The highest BCUT2D eigenvalue weighted by Gasteiger charge is 2.20. The number of hydrogen-bond donors (Lipinski definition) is 2. The van der Waals surface area contributed by atoms with Crippen LogP contribution in [-0.4, -0.2) is 26.2 Å². The quantitative estimate of drug-likeness (QED) is 0.473. The lowest BCUT2D eigenvalue weighted by Gasteiger charge is -2.13. The van der Waals surface area contributed by atoms with Crippen molar-refractivity contribution in [1.29, 1.82) is 0 Å². The van der Waals surface area contributed by atoms with E-state index in [4.69, 9.17) is 0 Å². The molecule has 168 valence electrons. The number of hydrogen-bond acceptors (Lipinski definition) is 4. The van der Waals surface area contributed by atoms with Crippen LogP contribution in [0.4, 0.5) is 0 Å². The third kappa shape index (κ3) is 3.91. The van der Waals surface area contributed by atoms with Crippen molar-refractivity contribution in [1.82, 2.24) is 25.2 Å². The summed E-state index contributed by atoms with van der Waals surface area (Å²) in [5, 5.41) is 5.01. The van der Waals surface area contributed by atoms with Crippen LogP contribution >= 0.6 is 0 Å². The second kappa shape index (κ2) is 8.74. The maximum absolute atomic E-state index is 12.9. The first-order valence-electron chi connectivity index (χ1n) is 10.7. The monoisotopic (exact) mass is 443 g/mol. The number of hydrazine groups is 1. The van der Waals surface area contributed by atoms with Gasteiger partial charge < -0.3 is 4.57 Å². The number of aryl methyl sites for hydroxylation is 3. The van der Waals surface area contributed by atoms with Crippen LogP contribution in [-0.2, 0) is 6.54 Å². The second-order valence-electron chi connectivity index (χ2n) is 7.83. The van der Waals surface area contributed by atoms with E-state index in [0.29, 0.717) is 22.9 Å². The summed E-state index contributed by atoms with van der Waals surface area (Å²) in [5.74, 6) is -1.04. The molecule has 4 aromatic rings. The largest absolute Gasteiger partial charge is 0.317 e. The van der Waals surface area contributed by atoms with Gasteiger partial charge in [-0.3, -0.25) is 25.2 Å². The van der Waals surface area contributed by atoms with Crippen molar-refractivity contribution in [3.05, 3.63) is 93.2 Å². The Morgan fingerprint density at radius 3 is 2.24 bits per heavy atom. The third-order valence-corrected chi connectivity index (χ3v) is 5.70. The Labute approximate surface area is 190 Å². The van der Waals surface area contributed by atoms with Gasteiger partial charge in [-0.05, 0) is 51.5 Å². The van der Waals surface area contributed by atoms with Crippen molar-refractivity contribution < 1.29 is 9.59 Å². The van der Waals surface area contributed by atoms with Gasteiger partial charge in [0.05, 0.1) is 10.9 Å². The standard InChI is InChI=1S/C25H25N5O3/c1-5-29-25(33)19-12-8-7-11-18(19)22(28-29)24(32)27-26-23(31)20-14-16(3)30(17(20)4)21-13-9-6-10-15(21)2/h6-14H,5H2,1-4H3,(H,26,31)(H,27,32). The molecule has 0 radical (unpaired) electrons. The first-order valence-corrected chi connectivity index (χ1v) is 10.7. The molecule has 0 atom stereocenters. The molecule has 0 spiro atoms. The molecule has 2 heterocycles. The van der Waals surface area contributed by atoms with Crippen LogP contribution in [0.2, 0.25) is 0 Å². The number of amides is 2. The number of fused-ring (bicyclic) bond motifs is 1. The fourth-order valence-corrected chi connectivity index (χ4v) is 4.03. The molecule has 33 heavy (non-hydrogen) atoms. The molecular formula is C25H25N5O3. The summed E-state index contributed by atoms with van der Waals surface area (Å²) < 4.78 is 3.24. The van der Waals surface area contributed by atoms with Crippen molar-refractivity contribution in [2.24, 2.45) is 0 Å². The van der Waals surface area contributed by atoms with Crippen LogP contribution in [0.5, 0.6) is 0 Å². The summed E-state index contributed by atoms with van der Waals surface area (Å²) in [6, 6.07) is 16.5. The summed E-state index contributed by atoms with van der Waals surface area (Å²) in [5.41, 5.74) is 8.92. The highest BCUT2D eigenvalue weighted by molar-refractivity contribution is 6.06. The predicted molar refractivity (Wildman–Crippen MR) is 127 cm³/mol. The maximum Gasteiger partial charge on any atom is 0.290 e. The summed E-state index contributed by atoms with van der Waals surface area (Å²) in [4.78, 5) is 38.3. The van der Waals surface area contributed by atoms with Crippen molar-refractivity contribution in [3.63, 3.8) is 0 Å². The summed E-state index contributed by atoms with van der Waals surface area (Å²) >= 11 is 0. The number of nitrogens with zero attached hydrogens (tertiary/aromatic N) is 3. The summed E-state index contributed by atoms with van der Waals surface area (Å²) in [6.07, 6.45) is 0. The number of rotatable bonds is 4. The zero-order valence-corrected chi connectivity index (χ0v) is 19.0. The van der Waals surface area contributed by atoms with Crippen molar-refractivity contribution in [2.45, 2.75) is 34.2 Å². The van der Waals surface area contributed by atoms with Gasteiger partial charge in [-0.2, -0.15) is 5.10 Å².